The van der Waals surface area contributed by atoms with E-state index >= 15 is 0 Å². The Labute approximate surface area is 234 Å². The number of aliphatic carboxylic acids is 1. The number of carbonyl (C=O) groups excluding carboxylic acids is 3. The van der Waals surface area contributed by atoms with Crippen LogP contribution in [0.25, 0.3) is 0 Å². The van der Waals surface area contributed by atoms with Gasteiger partial charge in [0.2, 0.25) is 5.91 Å². The number of halogens is 3. The number of allylic oxidation sites excluding steroid dienone is 1. The van der Waals surface area contributed by atoms with E-state index in [1.165, 1.54) is 24.1 Å². The van der Waals surface area contributed by atoms with Crippen molar-refractivity contribution in [2.75, 3.05) is 17.3 Å². The Morgan fingerprint density at radius 1 is 0.951 bits per heavy atom. The van der Waals surface area contributed by atoms with Gasteiger partial charge in [0.1, 0.15) is 5.75 Å². The van der Waals surface area contributed by atoms with E-state index in [4.69, 9.17) is 4.74 Å². The monoisotopic (exact) mass is 563 g/mol. The van der Waals surface area contributed by atoms with Crippen molar-refractivity contribution in [3.8, 4) is 5.75 Å². The molecular formula is C31H26F3N2O5-. The van der Waals surface area contributed by atoms with Gasteiger partial charge < -0.3 is 20.0 Å². The minimum Gasteiger partial charge on any atom is -0.550 e. The van der Waals surface area contributed by atoms with Crippen molar-refractivity contribution in [3.63, 3.8) is 0 Å². The molecule has 3 aromatic rings. The van der Waals surface area contributed by atoms with Crippen LogP contribution in [0.1, 0.15) is 54.3 Å². The Morgan fingerprint density at radius 2 is 1.61 bits per heavy atom. The highest BCUT2D eigenvalue weighted by Crippen LogP contribution is 2.48. The molecule has 0 radical (unpaired) electrons. The zero-order chi connectivity index (χ0) is 29.3. The molecule has 41 heavy (non-hydrogen) atoms. The lowest BCUT2D eigenvalue weighted by Crippen LogP contribution is -2.39. The summed E-state index contributed by atoms with van der Waals surface area (Å²) >= 11 is 0. The second-order valence-corrected chi connectivity index (χ2v) is 9.99. The molecule has 10 heteroatoms. The molecule has 0 spiro atoms. The summed E-state index contributed by atoms with van der Waals surface area (Å²) in [7, 11) is 1.52. The van der Waals surface area contributed by atoms with Crippen molar-refractivity contribution < 1.29 is 37.4 Å². The summed E-state index contributed by atoms with van der Waals surface area (Å²) in [5, 5.41) is 14.5. The van der Waals surface area contributed by atoms with Gasteiger partial charge >= 0.3 is 6.18 Å². The molecule has 0 aromatic heterocycles. The number of methoxy groups -OCH3 is 1. The van der Waals surface area contributed by atoms with Gasteiger partial charge in [-0.3, -0.25) is 14.5 Å². The van der Waals surface area contributed by atoms with Crippen LogP contribution in [0, 0.1) is 0 Å². The van der Waals surface area contributed by atoms with Gasteiger partial charge in [-0.1, -0.05) is 36.4 Å². The molecule has 3 aromatic carbocycles. The average Bonchev–Trinajstić information content (AvgIpc) is 3.10. The van der Waals surface area contributed by atoms with E-state index in [9.17, 15) is 32.7 Å². The van der Waals surface area contributed by atoms with Crippen LogP contribution >= 0.6 is 0 Å². The highest BCUT2D eigenvalue weighted by molar-refractivity contribution is 6.06. The third-order valence-electron chi connectivity index (χ3n) is 7.44. The minimum atomic E-state index is -4.47. The molecule has 7 nitrogen and oxygen atoms in total. The molecule has 2 atom stereocenters. The van der Waals surface area contributed by atoms with Crippen LogP contribution in [0.4, 0.5) is 24.5 Å². The van der Waals surface area contributed by atoms with Crippen molar-refractivity contribution in [1.29, 1.82) is 0 Å². The van der Waals surface area contributed by atoms with Crippen LogP contribution in [-0.2, 0) is 20.6 Å². The maximum atomic E-state index is 13.9. The first-order valence-corrected chi connectivity index (χ1v) is 13.0. The maximum absolute atomic E-state index is 13.9. The number of amides is 1. The van der Waals surface area contributed by atoms with Crippen LogP contribution < -0.4 is 20.1 Å². The molecule has 0 saturated heterocycles. The molecule has 1 N–H and O–H groups in total. The molecule has 1 heterocycles. The number of para-hydroxylation sites is 2. The number of nitrogens with one attached hydrogen (secondary N) is 1. The first-order chi connectivity index (χ1) is 19.6. The second kappa shape index (κ2) is 11.1. The van der Waals surface area contributed by atoms with Gasteiger partial charge in [0.25, 0.3) is 0 Å². The highest BCUT2D eigenvalue weighted by atomic mass is 19.4. The molecule has 1 amide bonds. The number of anilines is 2. The van der Waals surface area contributed by atoms with Crippen molar-refractivity contribution in [2.45, 2.75) is 43.8 Å². The summed E-state index contributed by atoms with van der Waals surface area (Å²) in [5.74, 6) is -1.96. The van der Waals surface area contributed by atoms with Gasteiger partial charge in [-0.25, -0.2) is 0 Å². The quantitative estimate of drug-likeness (QED) is 0.446. The number of nitrogens with zero attached hydrogens (tertiary/aromatic N) is 1. The summed E-state index contributed by atoms with van der Waals surface area (Å²) in [6, 6.07) is 17.8. The largest absolute Gasteiger partial charge is 0.550 e. The second-order valence-electron chi connectivity index (χ2n) is 9.99. The van der Waals surface area contributed by atoms with E-state index < -0.39 is 36.1 Å². The summed E-state index contributed by atoms with van der Waals surface area (Å²) in [6.07, 6.45) is -4.96. The Kier molecular flexibility index (Phi) is 7.57. The maximum Gasteiger partial charge on any atom is 0.416 e. The van der Waals surface area contributed by atoms with E-state index in [0.29, 0.717) is 45.9 Å². The molecular weight excluding hydrogens is 537 g/mol. The topological polar surface area (TPSA) is 98.8 Å². The van der Waals surface area contributed by atoms with Crippen LogP contribution in [0.3, 0.4) is 0 Å². The SMILES string of the molecule is COc1ccc([C@H]2C3=C(C[C@@H](c4ccc(C(F)(F)F)cc4)CC3=O)Nc3ccccc3N2C(=O)CCC(=O)[O-])cc1. The number of hydrogen-bond acceptors (Lipinski definition) is 6. The molecule has 2 aliphatic rings. The van der Waals surface area contributed by atoms with Crippen molar-refractivity contribution >= 4 is 29.0 Å². The van der Waals surface area contributed by atoms with Crippen LogP contribution in [0.2, 0.25) is 0 Å². The molecule has 0 fully saturated rings. The summed E-state index contributed by atoms with van der Waals surface area (Å²) in [5.41, 5.74) is 2.34. The number of rotatable bonds is 6. The number of fused-ring (bicyclic) bond motifs is 1. The number of Topliss-reactive ketones (excluding diaryl/α,β-unsaturated/α-hetero) is 1. The fraction of sp³-hybridized carbons (Fsp3) is 0.258. The van der Waals surface area contributed by atoms with Gasteiger partial charge in [-0.15, -0.1) is 0 Å². The molecule has 1 aliphatic carbocycles. The number of benzene rings is 3. The van der Waals surface area contributed by atoms with Gasteiger partial charge in [-0.05, 0) is 66.3 Å². The standard InChI is InChI=1S/C31H27F3N2O5/c1-41-22-12-8-19(9-13-22)30-29-24(16-20(17-26(29)37)18-6-10-21(11-7-18)31(32,33)34)35-23-4-2-3-5-25(23)36(30)27(38)14-15-28(39)40/h2-13,20,30,35H,14-17H2,1H3,(H,39,40)/p-1/t20-,30+/m1/s1. The highest BCUT2D eigenvalue weighted by Gasteiger charge is 2.41. The number of alkyl halides is 3. The van der Waals surface area contributed by atoms with Crippen molar-refractivity contribution in [3.05, 3.63) is 101 Å². The normalized spacial score (nSPS) is 18.6. The predicted octanol–water partition coefficient (Wildman–Crippen LogP) is 5.14. The Hall–Kier alpha value is -4.60. The van der Waals surface area contributed by atoms with Crippen LogP contribution in [0.5, 0.6) is 5.75 Å². The number of carboxylic acid groups (broad SMARTS) is 1. The number of hydrogen-bond donors (Lipinski definition) is 1. The molecule has 5 rings (SSSR count). The van der Waals surface area contributed by atoms with E-state index in [1.807, 2.05) is 0 Å². The first kappa shape index (κ1) is 27.9. The Bertz CT molecular complexity index is 1510. The lowest BCUT2D eigenvalue weighted by molar-refractivity contribution is -0.305. The average molecular weight is 564 g/mol. The summed E-state index contributed by atoms with van der Waals surface area (Å²) in [4.78, 5) is 40.3. The predicted molar refractivity (Wildman–Crippen MR) is 143 cm³/mol. The molecule has 0 saturated carbocycles. The van der Waals surface area contributed by atoms with Gasteiger partial charge in [0.05, 0.1) is 30.1 Å². The van der Waals surface area contributed by atoms with Gasteiger partial charge in [-0.2, -0.15) is 13.2 Å². The molecule has 1 aliphatic heterocycles. The zero-order valence-electron chi connectivity index (χ0n) is 22.0. The molecule has 0 unspecified atom stereocenters. The summed E-state index contributed by atoms with van der Waals surface area (Å²) in [6.45, 7) is 0. The smallest absolute Gasteiger partial charge is 0.416 e. The number of carboxylic acids is 1. The third kappa shape index (κ3) is 5.68. The molecule has 212 valence electrons. The van der Waals surface area contributed by atoms with Gasteiger partial charge in [0.15, 0.2) is 5.78 Å². The minimum absolute atomic E-state index is 0.0238. The lowest BCUT2D eigenvalue weighted by atomic mass is 9.78. The number of carbonyl (C=O) groups is 3. The lowest BCUT2D eigenvalue weighted by Gasteiger charge is -2.35. The fourth-order valence-electron chi connectivity index (χ4n) is 5.48. The summed E-state index contributed by atoms with van der Waals surface area (Å²) < 4.78 is 44.7. The van der Waals surface area contributed by atoms with E-state index in [0.717, 1.165) is 12.1 Å². The third-order valence-corrected chi connectivity index (χ3v) is 7.44. The Balaban J connectivity index is 1.63. The van der Waals surface area contributed by atoms with E-state index in [2.05, 4.69) is 5.32 Å². The number of ether oxygens (including phenoxy) is 1. The number of ketones is 1. The van der Waals surface area contributed by atoms with E-state index in [1.54, 1.807) is 48.5 Å². The fourth-order valence-corrected chi connectivity index (χ4v) is 5.48. The van der Waals surface area contributed by atoms with Crippen LogP contribution in [-0.4, -0.2) is 24.8 Å². The zero-order valence-corrected chi connectivity index (χ0v) is 22.0. The van der Waals surface area contributed by atoms with Crippen molar-refractivity contribution in [1.82, 2.24) is 0 Å². The first-order valence-electron chi connectivity index (χ1n) is 13.0. The Morgan fingerprint density at radius 3 is 2.24 bits per heavy atom. The van der Waals surface area contributed by atoms with Crippen LogP contribution in [0.15, 0.2) is 84.1 Å². The van der Waals surface area contributed by atoms with E-state index in [-0.39, 0.29) is 24.5 Å². The van der Waals surface area contributed by atoms with Crippen molar-refractivity contribution in [2.24, 2.45) is 0 Å². The van der Waals surface area contributed by atoms with Gasteiger partial charge in [0, 0.05) is 30.1 Å². The molecule has 0 bridgehead atoms.